The molecule has 31 heavy (non-hydrogen) atoms. The van der Waals surface area contributed by atoms with Gasteiger partial charge in [0.2, 0.25) is 11.9 Å². The third-order valence-electron chi connectivity index (χ3n) is 5.06. The molecule has 2 atom stereocenters. The lowest BCUT2D eigenvalue weighted by Gasteiger charge is -2.14. The number of nitrogens with one attached hydrogen (secondary N) is 3. The average Bonchev–Trinajstić information content (AvgIpc) is 3.21. The molecule has 8 nitrogen and oxygen atoms in total. The number of methoxy groups -OCH3 is 1. The molecule has 1 aliphatic rings. The monoisotopic (exact) mass is 445 g/mol. The number of carbonyl (C=O) groups excluding carboxylic acids is 1. The maximum atomic E-state index is 14.1. The van der Waals surface area contributed by atoms with Crippen molar-refractivity contribution < 1.29 is 19.0 Å². The van der Waals surface area contributed by atoms with Crippen LogP contribution in [0.1, 0.15) is 12.0 Å². The van der Waals surface area contributed by atoms with Gasteiger partial charge in [-0.2, -0.15) is 0 Å². The van der Waals surface area contributed by atoms with Gasteiger partial charge in [-0.15, -0.1) is 0 Å². The van der Waals surface area contributed by atoms with Crippen LogP contribution >= 0.6 is 11.6 Å². The van der Waals surface area contributed by atoms with Crippen molar-refractivity contribution in [3.8, 4) is 5.75 Å². The summed E-state index contributed by atoms with van der Waals surface area (Å²) in [6.45, 7) is 0.657. The molecule has 2 aromatic carbocycles. The number of aliphatic hydroxyl groups is 1. The number of anilines is 2. The summed E-state index contributed by atoms with van der Waals surface area (Å²) in [5.41, 5.74) is 1.52. The van der Waals surface area contributed by atoms with E-state index in [1.165, 1.54) is 13.2 Å². The van der Waals surface area contributed by atoms with Crippen molar-refractivity contribution in [2.75, 3.05) is 19.0 Å². The zero-order chi connectivity index (χ0) is 22.0. The lowest BCUT2D eigenvalue weighted by molar-refractivity contribution is -0.123. The van der Waals surface area contributed by atoms with E-state index in [1.54, 1.807) is 24.4 Å². The van der Waals surface area contributed by atoms with Crippen LogP contribution in [-0.4, -0.2) is 46.8 Å². The largest absolute Gasteiger partial charge is 0.496 e. The maximum Gasteiger partial charge on any atom is 0.237 e. The molecule has 10 heteroatoms. The smallest absolute Gasteiger partial charge is 0.237 e. The molecule has 0 saturated carbocycles. The number of hydrogen-bond acceptors (Lipinski definition) is 7. The van der Waals surface area contributed by atoms with Crippen molar-refractivity contribution in [2.45, 2.75) is 25.1 Å². The van der Waals surface area contributed by atoms with Crippen LogP contribution in [0.15, 0.2) is 36.5 Å². The fourth-order valence-electron chi connectivity index (χ4n) is 3.44. The summed E-state index contributed by atoms with van der Waals surface area (Å²) in [4.78, 5) is 21.0. The first-order chi connectivity index (χ1) is 14.9. The number of fused-ring (bicyclic) bond motifs is 1. The van der Waals surface area contributed by atoms with Crippen molar-refractivity contribution in [2.24, 2.45) is 0 Å². The van der Waals surface area contributed by atoms with Crippen molar-refractivity contribution in [1.29, 1.82) is 0 Å². The van der Waals surface area contributed by atoms with E-state index in [9.17, 15) is 14.3 Å². The molecule has 1 aromatic heterocycles. The second-order valence-corrected chi connectivity index (χ2v) is 7.62. The summed E-state index contributed by atoms with van der Waals surface area (Å²) in [7, 11) is 1.53. The SMILES string of the molecule is COc1cc2nc(Nc3cccc(Cl)c3F)ncc2cc1CNC(=O)[C@H]1C[C@@H](O)CN1. The summed E-state index contributed by atoms with van der Waals surface area (Å²) in [5.74, 6) is -0.00714. The predicted octanol–water partition coefficient (Wildman–Crippen LogP) is 2.51. The number of benzene rings is 2. The fourth-order valence-corrected chi connectivity index (χ4v) is 3.61. The molecule has 4 N–H and O–H groups in total. The number of ether oxygens (including phenoxy) is 1. The first-order valence-electron chi connectivity index (χ1n) is 9.68. The van der Waals surface area contributed by atoms with Crippen LogP contribution in [0, 0.1) is 5.82 Å². The molecule has 3 aromatic rings. The number of β-amino-alcohol motifs (C(OH)–C–C–N with tert-alkyl or cyclic N) is 1. The topological polar surface area (TPSA) is 108 Å². The van der Waals surface area contributed by atoms with E-state index < -0.39 is 18.0 Å². The van der Waals surface area contributed by atoms with E-state index in [0.717, 1.165) is 10.9 Å². The van der Waals surface area contributed by atoms with Crippen molar-refractivity contribution >= 4 is 40.0 Å². The minimum Gasteiger partial charge on any atom is -0.496 e. The van der Waals surface area contributed by atoms with Crippen LogP contribution < -0.4 is 20.7 Å². The van der Waals surface area contributed by atoms with Crippen molar-refractivity contribution in [3.05, 3.63) is 52.9 Å². The van der Waals surface area contributed by atoms with Crippen LogP contribution in [0.5, 0.6) is 5.75 Å². The van der Waals surface area contributed by atoms with Gasteiger partial charge in [0.1, 0.15) is 5.75 Å². The first kappa shape index (κ1) is 21.2. The number of nitrogens with zero attached hydrogens (tertiary/aromatic N) is 2. The molecule has 0 unspecified atom stereocenters. The lowest BCUT2D eigenvalue weighted by atomic mass is 10.1. The van der Waals surface area contributed by atoms with Crippen LogP contribution in [0.4, 0.5) is 16.0 Å². The molecule has 0 bridgehead atoms. The minimum absolute atomic E-state index is 0.00135. The van der Waals surface area contributed by atoms with Crippen LogP contribution in [-0.2, 0) is 11.3 Å². The fraction of sp³-hybridized carbons (Fsp3) is 0.286. The van der Waals surface area contributed by atoms with E-state index in [2.05, 4.69) is 25.9 Å². The Morgan fingerprint density at radius 1 is 1.42 bits per heavy atom. The van der Waals surface area contributed by atoms with E-state index >= 15 is 0 Å². The second kappa shape index (κ2) is 9.01. The number of aromatic nitrogens is 2. The highest BCUT2D eigenvalue weighted by molar-refractivity contribution is 6.31. The molecule has 4 rings (SSSR count). The molecule has 162 valence electrons. The van der Waals surface area contributed by atoms with Crippen molar-refractivity contribution in [3.63, 3.8) is 0 Å². The predicted molar refractivity (Wildman–Crippen MR) is 115 cm³/mol. The van der Waals surface area contributed by atoms with Gasteiger partial charge in [0, 0.05) is 36.3 Å². The molecule has 0 aliphatic carbocycles. The Kier molecular flexibility index (Phi) is 6.17. The summed E-state index contributed by atoms with van der Waals surface area (Å²) in [6.07, 6.45) is 1.48. The highest BCUT2D eigenvalue weighted by Gasteiger charge is 2.27. The quantitative estimate of drug-likeness (QED) is 0.461. The molecule has 0 spiro atoms. The van der Waals surface area contributed by atoms with Gasteiger partial charge >= 0.3 is 0 Å². The number of amides is 1. The van der Waals surface area contributed by atoms with Gasteiger partial charge in [-0.25, -0.2) is 14.4 Å². The highest BCUT2D eigenvalue weighted by atomic mass is 35.5. The summed E-state index contributed by atoms with van der Waals surface area (Å²) in [5, 5.41) is 19.0. The third kappa shape index (κ3) is 4.68. The Balaban J connectivity index is 1.53. The zero-order valence-electron chi connectivity index (χ0n) is 16.7. The van der Waals surface area contributed by atoms with Gasteiger partial charge in [-0.05, 0) is 24.6 Å². The van der Waals surface area contributed by atoms with Crippen LogP contribution in [0.2, 0.25) is 5.02 Å². The third-order valence-corrected chi connectivity index (χ3v) is 5.35. The zero-order valence-corrected chi connectivity index (χ0v) is 17.4. The van der Waals surface area contributed by atoms with Gasteiger partial charge in [0.25, 0.3) is 0 Å². The highest BCUT2D eigenvalue weighted by Crippen LogP contribution is 2.27. The number of carbonyl (C=O) groups is 1. The summed E-state index contributed by atoms with van der Waals surface area (Å²) < 4.78 is 19.6. The minimum atomic E-state index is -0.583. The van der Waals surface area contributed by atoms with E-state index in [0.29, 0.717) is 24.2 Å². The Hall–Kier alpha value is -3.01. The molecule has 1 aliphatic heterocycles. The van der Waals surface area contributed by atoms with Crippen molar-refractivity contribution in [1.82, 2.24) is 20.6 Å². The standard InChI is InChI=1S/C21H21ClFN5O3/c1-31-18-7-16-11(5-12(18)9-25-20(30)17-6-13(29)10-24-17)8-26-21(28-16)27-15-4-2-3-14(22)19(15)23/h2-5,7-8,13,17,24,29H,6,9-10H2,1H3,(H,25,30)(H,26,27,28)/t13-,17-/m1/s1. The number of aliphatic hydroxyl groups excluding tert-OH is 1. The summed E-state index contributed by atoms with van der Waals surface area (Å²) in [6, 6.07) is 7.77. The van der Waals surface area contributed by atoms with Crippen LogP contribution in [0.25, 0.3) is 10.9 Å². The molecular formula is C21H21ClFN5O3. The normalized spacial score (nSPS) is 18.2. The first-order valence-corrected chi connectivity index (χ1v) is 10.1. The second-order valence-electron chi connectivity index (χ2n) is 7.21. The maximum absolute atomic E-state index is 14.1. The van der Waals surface area contributed by atoms with Gasteiger partial charge in [0.15, 0.2) is 5.82 Å². The van der Waals surface area contributed by atoms with E-state index in [-0.39, 0.29) is 29.1 Å². The molecule has 2 heterocycles. The number of rotatable bonds is 6. The molecule has 1 fully saturated rings. The van der Waals surface area contributed by atoms with E-state index in [1.807, 2.05) is 6.07 Å². The van der Waals surface area contributed by atoms with Gasteiger partial charge in [-0.3, -0.25) is 4.79 Å². The van der Waals surface area contributed by atoms with E-state index in [4.69, 9.17) is 16.3 Å². The Morgan fingerprint density at radius 3 is 3.00 bits per heavy atom. The molecule has 1 amide bonds. The Labute approximate surface area is 182 Å². The molecule has 0 radical (unpaired) electrons. The van der Waals surface area contributed by atoms with Gasteiger partial charge in [0.05, 0.1) is 35.5 Å². The van der Waals surface area contributed by atoms with Gasteiger partial charge < -0.3 is 25.8 Å². The number of halogens is 2. The molecule has 1 saturated heterocycles. The Bertz CT molecular complexity index is 1130. The van der Waals surface area contributed by atoms with Crippen LogP contribution in [0.3, 0.4) is 0 Å². The summed E-state index contributed by atoms with van der Waals surface area (Å²) >= 11 is 5.81. The molecular weight excluding hydrogens is 425 g/mol. The number of hydrogen-bond donors (Lipinski definition) is 4. The average molecular weight is 446 g/mol. The van der Waals surface area contributed by atoms with Gasteiger partial charge in [-0.1, -0.05) is 17.7 Å². The Morgan fingerprint density at radius 2 is 2.26 bits per heavy atom. The lowest BCUT2D eigenvalue weighted by Crippen LogP contribution is -2.40.